The van der Waals surface area contributed by atoms with Crippen LogP contribution < -0.4 is 4.74 Å². The normalized spacial score (nSPS) is 11.3. The number of carbonyl (C=O) groups is 1. The van der Waals surface area contributed by atoms with Crippen molar-refractivity contribution in [3.8, 4) is 5.75 Å². The highest BCUT2D eigenvalue weighted by Gasteiger charge is 2.30. The Hall–Kier alpha value is -2.01. The molecule has 0 bridgehead atoms. The van der Waals surface area contributed by atoms with Crippen molar-refractivity contribution in [1.29, 1.82) is 0 Å². The lowest BCUT2D eigenvalue weighted by Crippen LogP contribution is -2.10. The lowest BCUT2D eigenvalue weighted by Gasteiger charge is -2.09. The van der Waals surface area contributed by atoms with Crippen molar-refractivity contribution in [2.24, 2.45) is 0 Å². The molecule has 0 unspecified atom stereocenters. The molecular formula is C15H10ClF3O2. The third-order valence-corrected chi connectivity index (χ3v) is 3.02. The molecular weight excluding hydrogens is 305 g/mol. The van der Waals surface area contributed by atoms with Gasteiger partial charge in [0.2, 0.25) is 0 Å². The first kappa shape index (κ1) is 15.4. The Kier molecular flexibility index (Phi) is 4.23. The number of hydrogen-bond acceptors (Lipinski definition) is 2. The minimum Gasteiger partial charge on any atom is -0.423 e. The highest BCUT2D eigenvalue weighted by atomic mass is 35.5. The fourth-order valence-corrected chi connectivity index (χ4v) is 1.91. The molecule has 0 aliphatic heterocycles. The molecule has 0 spiro atoms. The quantitative estimate of drug-likeness (QED) is 0.583. The van der Waals surface area contributed by atoms with E-state index in [9.17, 15) is 18.0 Å². The topological polar surface area (TPSA) is 26.3 Å². The molecule has 0 N–H and O–H groups in total. The van der Waals surface area contributed by atoms with Crippen molar-refractivity contribution < 1.29 is 22.7 Å². The van der Waals surface area contributed by atoms with Gasteiger partial charge in [0, 0.05) is 5.02 Å². The maximum absolute atomic E-state index is 12.4. The number of hydrogen-bond donors (Lipinski definition) is 0. The zero-order valence-electron chi connectivity index (χ0n) is 10.9. The second kappa shape index (κ2) is 5.77. The van der Waals surface area contributed by atoms with Crippen molar-refractivity contribution in [1.82, 2.24) is 0 Å². The first-order chi connectivity index (χ1) is 9.77. The summed E-state index contributed by atoms with van der Waals surface area (Å²) in [6.07, 6.45) is -4.44. The van der Waals surface area contributed by atoms with Crippen LogP contribution in [0.25, 0.3) is 0 Å². The highest BCUT2D eigenvalue weighted by Crippen LogP contribution is 2.29. The average Bonchev–Trinajstić information content (AvgIpc) is 2.41. The van der Waals surface area contributed by atoms with E-state index in [-0.39, 0.29) is 5.56 Å². The Morgan fingerprint density at radius 1 is 1.10 bits per heavy atom. The first-order valence-electron chi connectivity index (χ1n) is 5.93. The maximum atomic E-state index is 12.4. The van der Waals surface area contributed by atoms with Gasteiger partial charge in [0.15, 0.2) is 0 Å². The number of halogens is 4. The third kappa shape index (κ3) is 3.76. The van der Waals surface area contributed by atoms with Crippen molar-refractivity contribution in [2.45, 2.75) is 13.1 Å². The van der Waals surface area contributed by atoms with E-state index in [1.54, 1.807) is 19.1 Å². The van der Waals surface area contributed by atoms with Crippen molar-refractivity contribution in [3.63, 3.8) is 0 Å². The Morgan fingerprint density at radius 2 is 1.71 bits per heavy atom. The van der Waals surface area contributed by atoms with Crippen LogP contribution in [0.15, 0.2) is 42.5 Å². The van der Waals surface area contributed by atoms with E-state index < -0.39 is 17.7 Å². The van der Waals surface area contributed by atoms with E-state index >= 15 is 0 Å². The van der Waals surface area contributed by atoms with Gasteiger partial charge in [-0.1, -0.05) is 11.6 Å². The number of esters is 1. The summed E-state index contributed by atoms with van der Waals surface area (Å²) in [5.74, 6) is -0.418. The zero-order chi connectivity index (χ0) is 15.6. The van der Waals surface area contributed by atoms with Crippen molar-refractivity contribution >= 4 is 17.6 Å². The summed E-state index contributed by atoms with van der Waals surface area (Å²) in [5.41, 5.74) is -0.123. The van der Waals surface area contributed by atoms with E-state index in [0.29, 0.717) is 16.3 Å². The van der Waals surface area contributed by atoms with Gasteiger partial charge < -0.3 is 4.74 Å². The average molecular weight is 315 g/mol. The van der Waals surface area contributed by atoms with Crippen LogP contribution in [0.5, 0.6) is 5.75 Å². The van der Waals surface area contributed by atoms with Gasteiger partial charge in [-0.3, -0.25) is 0 Å². The van der Waals surface area contributed by atoms with Crippen LogP contribution in [0.4, 0.5) is 13.2 Å². The van der Waals surface area contributed by atoms with Gasteiger partial charge in [-0.05, 0) is 55.0 Å². The molecule has 0 fully saturated rings. The highest BCUT2D eigenvalue weighted by molar-refractivity contribution is 6.30. The molecule has 0 aliphatic rings. The standard InChI is InChI=1S/C15H10ClF3O2/c1-9-8-12(16)6-7-13(9)21-14(20)10-2-4-11(5-3-10)15(17,18)19/h2-8H,1H3. The number of alkyl halides is 3. The van der Waals surface area contributed by atoms with Gasteiger partial charge >= 0.3 is 12.1 Å². The minimum atomic E-state index is -4.44. The lowest BCUT2D eigenvalue weighted by molar-refractivity contribution is -0.137. The molecule has 2 aromatic carbocycles. The van der Waals surface area contributed by atoms with E-state index in [4.69, 9.17) is 16.3 Å². The van der Waals surface area contributed by atoms with Crippen molar-refractivity contribution in [3.05, 3.63) is 64.2 Å². The minimum absolute atomic E-state index is 0.0392. The molecule has 0 saturated carbocycles. The lowest BCUT2D eigenvalue weighted by atomic mass is 10.1. The Balaban J connectivity index is 2.17. The van der Waals surface area contributed by atoms with Crippen LogP contribution in [0.2, 0.25) is 5.02 Å². The molecule has 110 valence electrons. The van der Waals surface area contributed by atoms with Crippen LogP contribution >= 0.6 is 11.6 Å². The van der Waals surface area contributed by atoms with Gasteiger partial charge in [-0.2, -0.15) is 13.2 Å². The summed E-state index contributed by atoms with van der Waals surface area (Å²) in [5, 5.41) is 0.502. The second-order valence-electron chi connectivity index (χ2n) is 4.37. The van der Waals surface area contributed by atoms with Gasteiger partial charge in [-0.15, -0.1) is 0 Å². The predicted octanol–water partition coefficient (Wildman–Crippen LogP) is 4.89. The molecule has 2 aromatic rings. The molecule has 6 heteroatoms. The van der Waals surface area contributed by atoms with Gasteiger partial charge in [0.25, 0.3) is 0 Å². The Bertz CT molecular complexity index is 664. The molecule has 0 aliphatic carbocycles. The molecule has 0 radical (unpaired) electrons. The molecule has 21 heavy (non-hydrogen) atoms. The van der Waals surface area contributed by atoms with Crippen LogP contribution in [0.3, 0.4) is 0 Å². The summed E-state index contributed by atoms with van der Waals surface area (Å²) in [6, 6.07) is 8.55. The fourth-order valence-electron chi connectivity index (χ4n) is 1.68. The molecule has 0 heterocycles. The number of rotatable bonds is 2. The van der Waals surface area contributed by atoms with E-state index in [0.717, 1.165) is 24.3 Å². The smallest absolute Gasteiger partial charge is 0.416 e. The fraction of sp³-hybridized carbons (Fsp3) is 0.133. The zero-order valence-corrected chi connectivity index (χ0v) is 11.6. The van der Waals surface area contributed by atoms with Crippen LogP contribution in [0, 0.1) is 6.92 Å². The molecule has 0 saturated heterocycles. The SMILES string of the molecule is Cc1cc(Cl)ccc1OC(=O)c1ccc(C(F)(F)F)cc1. The largest absolute Gasteiger partial charge is 0.423 e. The number of benzene rings is 2. The monoisotopic (exact) mass is 314 g/mol. The first-order valence-corrected chi connectivity index (χ1v) is 6.31. The van der Waals surface area contributed by atoms with Crippen LogP contribution in [0.1, 0.15) is 21.5 Å². The van der Waals surface area contributed by atoms with Crippen LogP contribution in [-0.2, 0) is 6.18 Å². The Morgan fingerprint density at radius 3 is 2.24 bits per heavy atom. The maximum Gasteiger partial charge on any atom is 0.416 e. The molecule has 0 atom stereocenters. The molecule has 0 aromatic heterocycles. The van der Waals surface area contributed by atoms with E-state index in [2.05, 4.69) is 0 Å². The number of ether oxygens (including phenoxy) is 1. The molecule has 0 amide bonds. The number of aryl methyl sites for hydroxylation is 1. The summed E-state index contributed by atoms with van der Waals surface area (Å²) in [7, 11) is 0. The summed E-state index contributed by atoms with van der Waals surface area (Å²) in [4.78, 5) is 11.9. The second-order valence-corrected chi connectivity index (χ2v) is 4.81. The third-order valence-electron chi connectivity index (χ3n) is 2.79. The summed E-state index contributed by atoms with van der Waals surface area (Å²) in [6.45, 7) is 1.71. The summed E-state index contributed by atoms with van der Waals surface area (Å²) < 4.78 is 42.4. The van der Waals surface area contributed by atoms with Crippen molar-refractivity contribution in [2.75, 3.05) is 0 Å². The van der Waals surface area contributed by atoms with Gasteiger partial charge in [-0.25, -0.2) is 4.79 Å². The Labute approximate surface area is 124 Å². The number of carbonyl (C=O) groups excluding carboxylic acids is 1. The molecule has 2 rings (SSSR count). The van der Waals surface area contributed by atoms with Gasteiger partial charge in [0.05, 0.1) is 11.1 Å². The van der Waals surface area contributed by atoms with E-state index in [1.165, 1.54) is 6.07 Å². The predicted molar refractivity (Wildman–Crippen MR) is 72.6 cm³/mol. The van der Waals surface area contributed by atoms with Crippen LogP contribution in [-0.4, -0.2) is 5.97 Å². The van der Waals surface area contributed by atoms with E-state index in [1.807, 2.05) is 0 Å². The summed E-state index contributed by atoms with van der Waals surface area (Å²) >= 11 is 5.78. The van der Waals surface area contributed by atoms with Gasteiger partial charge in [0.1, 0.15) is 5.75 Å². The molecule has 2 nitrogen and oxygen atoms in total.